The van der Waals surface area contributed by atoms with Gasteiger partial charge in [-0.05, 0) is 30.2 Å². The molecule has 0 aliphatic heterocycles. The van der Waals surface area contributed by atoms with Crippen molar-refractivity contribution in [3.63, 3.8) is 0 Å². The predicted molar refractivity (Wildman–Crippen MR) is 83.7 cm³/mol. The molecule has 3 rings (SSSR count). The highest BCUT2D eigenvalue weighted by Gasteiger charge is 2.13. The maximum Gasteiger partial charge on any atom is 0.271 e. The summed E-state index contributed by atoms with van der Waals surface area (Å²) in [7, 11) is 0. The molecule has 0 aliphatic rings. The number of rotatable bonds is 4. The number of pyridine rings is 1. The van der Waals surface area contributed by atoms with Crippen molar-refractivity contribution in [3.05, 3.63) is 71.7 Å². The van der Waals surface area contributed by atoms with Crippen molar-refractivity contribution >= 4 is 11.6 Å². The molecular weight excluding hydrogens is 278 g/mol. The lowest BCUT2D eigenvalue weighted by atomic mass is 10.1. The van der Waals surface area contributed by atoms with Crippen LogP contribution in [-0.2, 0) is 0 Å². The van der Waals surface area contributed by atoms with Gasteiger partial charge >= 0.3 is 0 Å². The smallest absolute Gasteiger partial charge is 0.271 e. The molecule has 2 aromatic heterocycles. The van der Waals surface area contributed by atoms with Gasteiger partial charge in [0.25, 0.3) is 5.91 Å². The molecule has 0 fully saturated rings. The van der Waals surface area contributed by atoms with Crippen molar-refractivity contribution in [3.8, 4) is 0 Å². The number of fused-ring (bicyclic) bond motifs is 1. The lowest BCUT2D eigenvalue weighted by molar-refractivity contribution is 0.0912. The van der Waals surface area contributed by atoms with Gasteiger partial charge in [0.1, 0.15) is 11.3 Å². The molecule has 2 N–H and O–H groups in total. The molecule has 0 aliphatic carbocycles. The third kappa shape index (κ3) is 2.99. The number of benzene rings is 1. The maximum atomic E-state index is 12.1. The summed E-state index contributed by atoms with van der Waals surface area (Å²) in [5, 5.41) is 12.8. The molecule has 0 saturated carbocycles. The van der Waals surface area contributed by atoms with E-state index in [4.69, 9.17) is 0 Å². The molecule has 1 amide bonds. The van der Waals surface area contributed by atoms with Gasteiger partial charge in [0.15, 0.2) is 0 Å². The second kappa shape index (κ2) is 5.99. The summed E-state index contributed by atoms with van der Waals surface area (Å²) < 4.78 is 1.80. The number of imidazole rings is 1. The van der Waals surface area contributed by atoms with Crippen LogP contribution in [0.4, 0.5) is 0 Å². The van der Waals surface area contributed by atoms with Crippen LogP contribution in [0.1, 0.15) is 27.7 Å². The van der Waals surface area contributed by atoms with Gasteiger partial charge in [0, 0.05) is 18.9 Å². The Labute approximate surface area is 128 Å². The monoisotopic (exact) mass is 295 g/mol. The van der Waals surface area contributed by atoms with Crippen LogP contribution >= 0.6 is 0 Å². The summed E-state index contributed by atoms with van der Waals surface area (Å²) in [5.74, 6) is -0.295. The molecule has 1 atom stereocenters. The number of aromatic nitrogens is 2. The van der Waals surface area contributed by atoms with Gasteiger partial charge in [-0.15, -0.1) is 0 Å². The lowest BCUT2D eigenvalue weighted by Gasteiger charge is -2.11. The third-order valence-electron chi connectivity index (χ3n) is 3.49. The van der Waals surface area contributed by atoms with Crippen molar-refractivity contribution < 1.29 is 9.90 Å². The molecule has 0 saturated heterocycles. The minimum absolute atomic E-state index is 0.149. The second-order valence-electron chi connectivity index (χ2n) is 5.23. The van der Waals surface area contributed by atoms with Crippen LogP contribution in [-0.4, -0.2) is 26.9 Å². The summed E-state index contributed by atoms with van der Waals surface area (Å²) in [6, 6.07) is 13.1. The van der Waals surface area contributed by atoms with E-state index in [9.17, 15) is 9.90 Å². The van der Waals surface area contributed by atoms with E-state index in [1.54, 1.807) is 10.6 Å². The van der Waals surface area contributed by atoms with Crippen LogP contribution in [0.15, 0.2) is 54.9 Å². The molecule has 1 aromatic carbocycles. The fourth-order valence-electron chi connectivity index (χ4n) is 2.27. The van der Waals surface area contributed by atoms with Gasteiger partial charge < -0.3 is 14.8 Å². The Kier molecular flexibility index (Phi) is 3.89. The number of amides is 1. The van der Waals surface area contributed by atoms with Crippen molar-refractivity contribution in [2.45, 2.75) is 13.0 Å². The number of hydrogen-bond donors (Lipinski definition) is 2. The van der Waals surface area contributed by atoms with Crippen LogP contribution < -0.4 is 5.32 Å². The normalized spacial score (nSPS) is 12.3. The summed E-state index contributed by atoms with van der Waals surface area (Å²) in [5.41, 5.74) is 2.93. The minimum atomic E-state index is -0.732. The Morgan fingerprint density at radius 1 is 1.32 bits per heavy atom. The molecule has 22 heavy (non-hydrogen) atoms. The van der Waals surface area contributed by atoms with Crippen molar-refractivity contribution in [2.24, 2.45) is 0 Å². The predicted octanol–water partition coefficient (Wildman–Crippen LogP) is 2.11. The Morgan fingerprint density at radius 3 is 2.86 bits per heavy atom. The Bertz CT molecular complexity index is 796. The highest BCUT2D eigenvalue weighted by Crippen LogP contribution is 2.11. The summed E-state index contributed by atoms with van der Waals surface area (Å²) >= 11 is 0. The first-order valence-corrected chi connectivity index (χ1v) is 7.10. The summed E-state index contributed by atoms with van der Waals surface area (Å²) in [4.78, 5) is 16.4. The van der Waals surface area contributed by atoms with Gasteiger partial charge in [-0.1, -0.05) is 30.3 Å². The van der Waals surface area contributed by atoms with Crippen LogP contribution in [0.2, 0.25) is 0 Å². The van der Waals surface area contributed by atoms with E-state index >= 15 is 0 Å². The van der Waals surface area contributed by atoms with E-state index in [0.29, 0.717) is 5.69 Å². The zero-order chi connectivity index (χ0) is 15.5. The van der Waals surface area contributed by atoms with Crippen molar-refractivity contribution in [2.75, 3.05) is 6.54 Å². The Hall–Kier alpha value is -2.66. The third-order valence-corrected chi connectivity index (χ3v) is 3.49. The van der Waals surface area contributed by atoms with Crippen LogP contribution in [0.5, 0.6) is 0 Å². The molecule has 0 spiro atoms. The fraction of sp³-hybridized carbons (Fsp3) is 0.176. The number of aryl methyl sites for hydroxylation is 1. The maximum absolute atomic E-state index is 12.1. The van der Waals surface area contributed by atoms with E-state index < -0.39 is 6.10 Å². The molecule has 5 nitrogen and oxygen atoms in total. The van der Waals surface area contributed by atoms with Crippen LogP contribution in [0, 0.1) is 6.92 Å². The van der Waals surface area contributed by atoms with E-state index in [0.717, 1.165) is 16.8 Å². The van der Waals surface area contributed by atoms with Gasteiger partial charge in [0.2, 0.25) is 0 Å². The Balaban J connectivity index is 1.68. The van der Waals surface area contributed by atoms with Crippen molar-refractivity contribution in [1.29, 1.82) is 0 Å². The molecule has 2 heterocycles. The number of nitrogens with one attached hydrogen (secondary N) is 1. The molecule has 0 radical (unpaired) electrons. The standard InChI is InChI=1S/C17H17N3O2/c1-12-7-8-20-11-14(19-16(20)9-12)17(22)18-10-15(21)13-5-3-2-4-6-13/h2-9,11,15,21H,10H2,1H3,(H,18,22). The number of nitrogens with zero attached hydrogens (tertiary/aromatic N) is 2. The fourth-order valence-corrected chi connectivity index (χ4v) is 2.27. The van der Waals surface area contributed by atoms with E-state index in [1.807, 2.05) is 55.6 Å². The Morgan fingerprint density at radius 2 is 2.09 bits per heavy atom. The first-order chi connectivity index (χ1) is 10.6. The zero-order valence-electron chi connectivity index (χ0n) is 12.2. The average molecular weight is 295 g/mol. The van der Waals surface area contributed by atoms with E-state index in [1.165, 1.54) is 0 Å². The van der Waals surface area contributed by atoms with Crippen molar-refractivity contribution in [1.82, 2.24) is 14.7 Å². The molecule has 0 bridgehead atoms. The molecule has 1 unspecified atom stereocenters. The first-order valence-electron chi connectivity index (χ1n) is 7.10. The average Bonchev–Trinajstić information content (AvgIpc) is 2.96. The van der Waals surface area contributed by atoms with Gasteiger partial charge in [0.05, 0.1) is 6.10 Å². The molecule has 3 aromatic rings. The van der Waals surface area contributed by atoms with Crippen LogP contribution in [0.25, 0.3) is 5.65 Å². The highest BCUT2D eigenvalue weighted by molar-refractivity contribution is 5.92. The highest BCUT2D eigenvalue weighted by atomic mass is 16.3. The van der Waals surface area contributed by atoms with Gasteiger partial charge in [-0.3, -0.25) is 4.79 Å². The summed E-state index contributed by atoms with van der Waals surface area (Å²) in [6.45, 7) is 2.13. The molecular formula is C17H17N3O2. The number of aliphatic hydroxyl groups is 1. The SMILES string of the molecule is Cc1ccn2cc(C(=O)NCC(O)c3ccccc3)nc2c1. The van der Waals surface area contributed by atoms with Crippen LogP contribution in [0.3, 0.4) is 0 Å². The number of aliphatic hydroxyl groups excluding tert-OH is 1. The minimum Gasteiger partial charge on any atom is -0.387 e. The van der Waals surface area contributed by atoms with E-state index in [2.05, 4.69) is 10.3 Å². The topological polar surface area (TPSA) is 66.6 Å². The van der Waals surface area contributed by atoms with Gasteiger partial charge in [-0.25, -0.2) is 4.98 Å². The molecule has 112 valence electrons. The van der Waals surface area contributed by atoms with Gasteiger partial charge in [-0.2, -0.15) is 0 Å². The largest absolute Gasteiger partial charge is 0.387 e. The molecule has 5 heteroatoms. The summed E-state index contributed by atoms with van der Waals surface area (Å²) in [6.07, 6.45) is 2.82. The number of carbonyl (C=O) groups is 1. The lowest BCUT2D eigenvalue weighted by Crippen LogP contribution is -2.28. The van der Waals surface area contributed by atoms with E-state index in [-0.39, 0.29) is 12.5 Å². The first kappa shape index (κ1) is 14.3. The quantitative estimate of drug-likeness (QED) is 0.774. The number of carbonyl (C=O) groups excluding carboxylic acids is 1. The second-order valence-corrected chi connectivity index (χ2v) is 5.23. The zero-order valence-corrected chi connectivity index (χ0v) is 12.2. The number of hydrogen-bond acceptors (Lipinski definition) is 3.